The Morgan fingerprint density at radius 2 is 1.88 bits per heavy atom. The van der Waals surface area contributed by atoms with Crippen molar-refractivity contribution in [3.8, 4) is 22.6 Å². The van der Waals surface area contributed by atoms with E-state index in [0.29, 0.717) is 0 Å². The Bertz CT molecular complexity index is 1040. The van der Waals surface area contributed by atoms with Crippen molar-refractivity contribution in [2.24, 2.45) is 0 Å². The van der Waals surface area contributed by atoms with Crippen molar-refractivity contribution in [3.05, 3.63) is 78.5 Å². The van der Waals surface area contributed by atoms with Crippen LogP contribution in [-0.4, -0.2) is 19.3 Å². The van der Waals surface area contributed by atoms with Gasteiger partial charge in [0, 0.05) is 17.4 Å². The molecule has 0 bridgehead atoms. The summed E-state index contributed by atoms with van der Waals surface area (Å²) in [6, 6.07) is 16.1. The van der Waals surface area contributed by atoms with E-state index in [1.165, 1.54) is 0 Å². The topological polar surface area (TPSA) is 61.7 Å². The molecule has 0 aliphatic carbocycles. The third-order valence-electron chi connectivity index (χ3n) is 4.57. The molecule has 130 valence electrons. The number of nitrogens with zero attached hydrogens (tertiary/aromatic N) is 4. The second-order valence-electron chi connectivity index (χ2n) is 6.32. The first-order valence-corrected chi connectivity index (χ1v) is 8.70. The van der Waals surface area contributed by atoms with Crippen LogP contribution in [0.1, 0.15) is 18.2 Å². The SMILES string of the molecule is CCc1c(-c2cn(-c3cc(N)ccc3C)cn2)cnn1-c1ccccc1. The number of hydrogen-bond donors (Lipinski definition) is 1. The van der Waals surface area contributed by atoms with Crippen molar-refractivity contribution in [1.29, 1.82) is 0 Å². The number of nitrogens with two attached hydrogens (primary N) is 1. The lowest BCUT2D eigenvalue weighted by atomic mass is 10.1. The minimum absolute atomic E-state index is 0.743. The smallest absolute Gasteiger partial charge is 0.0999 e. The van der Waals surface area contributed by atoms with Gasteiger partial charge in [0.15, 0.2) is 0 Å². The van der Waals surface area contributed by atoms with Crippen LogP contribution in [0.2, 0.25) is 0 Å². The summed E-state index contributed by atoms with van der Waals surface area (Å²) in [4.78, 5) is 4.62. The van der Waals surface area contributed by atoms with Gasteiger partial charge < -0.3 is 10.3 Å². The van der Waals surface area contributed by atoms with Gasteiger partial charge in [-0.15, -0.1) is 0 Å². The first-order chi connectivity index (χ1) is 12.7. The highest BCUT2D eigenvalue weighted by atomic mass is 15.3. The van der Waals surface area contributed by atoms with Gasteiger partial charge in [0.1, 0.15) is 0 Å². The maximum absolute atomic E-state index is 5.95. The monoisotopic (exact) mass is 343 g/mol. The van der Waals surface area contributed by atoms with Gasteiger partial charge >= 0.3 is 0 Å². The number of hydrogen-bond acceptors (Lipinski definition) is 3. The van der Waals surface area contributed by atoms with E-state index in [9.17, 15) is 0 Å². The zero-order valence-corrected chi connectivity index (χ0v) is 14.9. The summed E-state index contributed by atoms with van der Waals surface area (Å²) in [7, 11) is 0. The van der Waals surface area contributed by atoms with Crippen LogP contribution in [0, 0.1) is 6.92 Å². The fourth-order valence-corrected chi connectivity index (χ4v) is 3.22. The highest BCUT2D eigenvalue weighted by Gasteiger charge is 2.15. The number of imidazole rings is 1. The van der Waals surface area contributed by atoms with Gasteiger partial charge in [-0.25, -0.2) is 9.67 Å². The normalized spacial score (nSPS) is 11.0. The van der Waals surface area contributed by atoms with Crippen LogP contribution in [0.3, 0.4) is 0 Å². The van der Waals surface area contributed by atoms with E-state index in [1.54, 1.807) is 0 Å². The molecule has 5 nitrogen and oxygen atoms in total. The molecule has 0 saturated heterocycles. The standard InChI is InChI=1S/C21H21N5/c1-3-20-18(12-24-26(20)17-7-5-4-6-8-17)19-13-25(14-23-19)21-11-16(22)10-9-15(21)2/h4-14H,3,22H2,1-2H3. The van der Waals surface area contributed by atoms with Crippen LogP contribution in [-0.2, 0) is 6.42 Å². The average Bonchev–Trinajstić information content (AvgIpc) is 3.30. The Labute approximate surface area is 152 Å². The molecule has 0 spiro atoms. The first kappa shape index (κ1) is 16.1. The minimum Gasteiger partial charge on any atom is -0.399 e. The van der Waals surface area contributed by atoms with E-state index in [0.717, 1.165) is 46.0 Å². The van der Waals surface area contributed by atoms with Crippen LogP contribution in [0.5, 0.6) is 0 Å². The first-order valence-electron chi connectivity index (χ1n) is 8.70. The van der Waals surface area contributed by atoms with Crippen LogP contribution < -0.4 is 5.73 Å². The number of rotatable bonds is 4. The molecule has 26 heavy (non-hydrogen) atoms. The molecule has 2 aromatic carbocycles. The van der Waals surface area contributed by atoms with Crippen molar-refractivity contribution in [3.63, 3.8) is 0 Å². The molecule has 2 heterocycles. The molecule has 0 aliphatic rings. The predicted molar refractivity (Wildman–Crippen MR) is 105 cm³/mol. The molecule has 2 aromatic heterocycles. The van der Waals surface area contributed by atoms with Crippen LogP contribution in [0.15, 0.2) is 67.3 Å². The molecule has 0 fully saturated rings. The number of anilines is 1. The van der Waals surface area contributed by atoms with Gasteiger partial charge in [-0.2, -0.15) is 5.10 Å². The summed E-state index contributed by atoms with van der Waals surface area (Å²) in [5, 5.41) is 4.59. The molecule has 0 radical (unpaired) electrons. The second-order valence-corrected chi connectivity index (χ2v) is 6.32. The van der Waals surface area contributed by atoms with E-state index < -0.39 is 0 Å². The predicted octanol–water partition coefficient (Wildman–Crippen LogP) is 4.18. The zero-order chi connectivity index (χ0) is 18.1. The summed E-state index contributed by atoms with van der Waals surface area (Å²) >= 11 is 0. The quantitative estimate of drug-likeness (QED) is 0.566. The number of aromatic nitrogens is 4. The fourth-order valence-electron chi connectivity index (χ4n) is 3.22. The Kier molecular flexibility index (Phi) is 4.05. The minimum atomic E-state index is 0.743. The van der Waals surface area contributed by atoms with Crippen LogP contribution in [0.25, 0.3) is 22.6 Å². The zero-order valence-electron chi connectivity index (χ0n) is 14.9. The Morgan fingerprint density at radius 3 is 2.65 bits per heavy atom. The molecule has 0 amide bonds. The van der Waals surface area contributed by atoms with Crippen molar-refractivity contribution in [2.45, 2.75) is 20.3 Å². The summed E-state index contributed by atoms with van der Waals surface area (Å²) < 4.78 is 4.00. The Hall–Kier alpha value is -3.34. The average molecular weight is 343 g/mol. The van der Waals surface area contributed by atoms with Crippen molar-refractivity contribution in [2.75, 3.05) is 5.73 Å². The van der Waals surface area contributed by atoms with Gasteiger partial charge in [0.05, 0.1) is 35.3 Å². The van der Waals surface area contributed by atoms with E-state index in [2.05, 4.69) is 36.1 Å². The second kappa shape index (κ2) is 6.52. The highest BCUT2D eigenvalue weighted by molar-refractivity contribution is 5.63. The number of aryl methyl sites for hydroxylation is 1. The molecule has 4 aromatic rings. The lowest BCUT2D eigenvalue weighted by Crippen LogP contribution is -2.01. The summed E-state index contributed by atoms with van der Waals surface area (Å²) in [5.74, 6) is 0. The van der Waals surface area contributed by atoms with Gasteiger partial charge in [0.25, 0.3) is 0 Å². The molecule has 0 unspecified atom stereocenters. The lowest BCUT2D eigenvalue weighted by Gasteiger charge is -2.08. The third kappa shape index (κ3) is 2.77. The third-order valence-corrected chi connectivity index (χ3v) is 4.57. The van der Waals surface area contributed by atoms with Gasteiger partial charge in [-0.05, 0) is 43.2 Å². The maximum atomic E-state index is 5.95. The van der Waals surface area contributed by atoms with Crippen LogP contribution >= 0.6 is 0 Å². The number of nitrogen functional groups attached to an aromatic ring is 1. The van der Waals surface area contributed by atoms with Crippen LogP contribution in [0.4, 0.5) is 5.69 Å². The van der Waals surface area contributed by atoms with E-state index in [1.807, 2.05) is 64.4 Å². The molecule has 0 atom stereocenters. The maximum Gasteiger partial charge on any atom is 0.0999 e. The molecular formula is C21H21N5. The molecule has 5 heteroatoms. The number of para-hydroxylation sites is 1. The molecule has 0 saturated carbocycles. The van der Waals surface area contributed by atoms with Crippen molar-refractivity contribution < 1.29 is 0 Å². The van der Waals surface area contributed by atoms with Gasteiger partial charge in [-0.1, -0.05) is 31.2 Å². The largest absolute Gasteiger partial charge is 0.399 e. The summed E-state index contributed by atoms with van der Waals surface area (Å²) in [6.07, 6.45) is 6.63. The summed E-state index contributed by atoms with van der Waals surface area (Å²) in [5.41, 5.74) is 13.0. The van der Waals surface area contributed by atoms with E-state index in [-0.39, 0.29) is 0 Å². The molecule has 0 aliphatic heterocycles. The van der Waals surface area contributed by atoms with Crippen molar-refractivity contribution in [1.82, 2.24) is 19.3 Å². The lowest BCUT2D eigenvalue weighted by molar-refractivity contribution is 0.814. The molecule has 2 N–H and O–H groups in total. The Balaban J connectivity index is 1.77. The summed E-state index contributed by atoms with van der Waals surface area (Å²) in [6.45, 7) is 4.21. The number of benzene rings is 2. The van der Waals surface area contributed by atoms with E-state index in [4.69, 9.17) is 5.73 Å². The Morgan fingerprint density at radius 1 is 1.08 bits per heavy atom. The highest BCUT2D eigenvalue weighted by Crippen LogP contribution is 2.26. The van der Waals surface area contributed by atoms with Gasteiger partial charge in [0.2, 0.25) is 0 Å². The molecular weight excluding hydrogens is 322 g/mol. The molecule has 4 rings (SSSR count). The van der Waals surface area contributed by atoms with E-state index >= 15 is 0 Å². The van der Waals surface area contributed by atoms with Crippen molar-refractivity contribution >= 4 is 5.69 Å². The van der Waals surface area contributed by atoms with Gasteiger partial charge in [-0.3, -0.25) is 0 Å². The fraction of sp³-hybridized carbons (Fsp3) is 0.143.